The van der Waals surface area contributed by atoms with Gasteiger partial charge in [0.2, 0.25) is 0 Å². The molecular formula is C15H22N2O3. The fraction of sp³-hybridized carbons (Fsp3) is 0.600. The van der Waals surface area contributed by atoms with Gasteiger partial charge in [0.1, 0.15) is 5.75 Å². The van der Waals surface area contributed by atoms with Gasteiger partial charge < -0.3 is 24.8 Å². The topological polar surface area (TPSA) is 57.0 Å². The highest BCUT2D eigenvalue weighted by molar-refractivity contribution is 5.74. The van der Waals surface area contributed by atoms with Crippen molar-refractivity contribution in [2.75, 3.05) is 43.5 Å². The summed E-state index contributed by atoms with van der Waals surface area (Å²) in [6, 6.07) is 5.95. The molecule has 2 saturated heterocycles. The lowest BCUT2D eigenvalue weighted by Gasteiger charge is -2.39. The fourth-order valence-electron chi connectivity index (χ4n) is 2.96. The van der Waals surface area contributed by atoms with E-state index in [0.29, 0.717) is 19.8 Å². The molecule has 0 bridgehead atoms. The summed E-state index contributed by atoms with van der Waals surface area (Å²) in [7, 11) is 0. The zero-order chi connectivity index (χ0) is 14.0. The van der Waals surface area contributed by atoms with Gasteiger partial charge in [-0.3, -0.25) is 0 Å². The predicted octanol–water partition coefficient (Wildman–Crippen LogP) is 2.01. The molecule has 1 aromatic rings. The van der Waals surface area contributed by atoms with Crippen LogP contribution in [-0.4, -0.2) is 38.7 Å². The van der Waals surface area contributed by atoms with Crippen molar-refractivity contribution in [2.45, 2.75) is 25.6 Å². The first-order valence-electron chi connectivity index (χ1n) is 7.28. The lowest BCUT2D eigenvalue weighted by atomic mass is 10.0. The van der Waals surface area contributed by atoms with Crippen molar-refractivity contribution in [1.29, 1.82) is 0 Å². The van der Waals surface area contributed by atoms with Crippen molar-refractivity contribution in [2.24, 2.45) is 0 Å². The van der Waals surface area contributed by atoms with Gasteiger partial charge in [-0.15, -0.1) is 0 Å². The minimum absolute atomic E-state index is 0.344. The van der Waals surface area contributed by atoms with E-state index < -0.39 is 0 Å². The van der Waals surface area contributed by atoms with Crippen molar-refractivity contribution in [3.63, 3.8) is 0 Å². The molecule has 2 heterocycles. The van der Waals surface area contributed by atoms with Crippen LogP contribution in [0.4, 0.5) is 11.4 Å². The maximum Gasteiger partial charge on any atom is 0.171 e. The van der Waals surface area contributed by atoms with Crippen LogP contribution in [0.25, 0.3) is 0 Å². The average molecular weight is 278 g/mol. The van der Waals surface area contributed by atoms with Gasteiger partial charge in [-0.25, -0.2) is 0 Å². The average Bonchev–Trinajstić information content (AvgIpc) is 2.91. The van der Waals surface area contributed by atoms with Crippen molar-refractivity contribution in [3.05, 3.63) is 18.2 Å². The van der Waals surface area contributed by atoms with Crippen LogP contribution in [0.5, 0.6) is 5.75 Å². The van der Waals surface area contributed by atoms with Gasteiger partial charge in [-0.1, -0.05) is 6.07 Å². The first kappa shape index (κ1) is 13.5. The highest BCUT2D eigenvalue weighted by atomic mass is 16.7. The monoisotopic (exact) mass is 278 g/mol. The smallest absolute Gasteiger partial charge is 0.171 e. The minimum atomic E-state index is -0.344. The number of ether oxygens (including phenoxy) is 3. The quantitative estimate of drug-likeness (QED) is 0.857. The predicted molar refractivity (Wildman–Crippen MR) is 78.1 cm³/mol. The molecule has 5 nitrogen and oxygen atoms in total. The molecule has 0 amide bonds. The first-order chi connectivity index (χ1) is 9.74. The lowest BCUT2D eigenvalue weighted by Crippen LogP contribution is -2.45. The van der Waals surface area contributed by atoms with Gasteiger partial charge in [0.15, 0.2) is 5.79 Å². The Morgan fingerprint density at radius 3 is 2.60 bits per heavy atom. The molecule has 1 aromatic carbocycles. The van der Waals surface area contributed by atoms with Crippen LogP contribution < -0.4 is 15.4 Å². The van der Waals surface area contributed by atoms with Crippen LogP contribution in [0.3, 0.4) is 0 Å². The highest BCUT2D eigenvalue weighted by Gasteiger charge is 2.40. The number of benzene rings is 1. The van der Waals surface area contributed by atoms with Gasteiger partial charge in [0, 0.05) is 25.9 Å². The Hall–Kier alpha value is -1.46. The molecular weight excluding hydrogens is 256 g/mol. The Kier molecular flexibility index (Phi) is 3.72. The first-order valence-corrected chi connectivity index (χ1v) is 7.28. The molecule has 0 aromatic heterocycles. The van der Waals surface area contributed by atoms with Crippen LogP contribution in [0, 0.1) is 0 Å². The van der Waals surface area contributed by atoms with Crippen LogP contribution in [0.1, 0.15) is 19.8 Å². The van der Waals surface area contributed by atoms with E-state index in [1.807, 2.05) is 25.1 Å². The molecule has 5 heteroatoms. The molecule has 2 fully saturated rings. The zero-order valence-corrected chi connectivity index (χ0v) is 11.9. The van der Waals surface area contributed by atoms with Gasteiger partial charge in [-0.2, -0.15) is 0 Å². The molecule has 20 heavy (non-hydrogen) atoms. The zero-order valence-electron chi connectivity index (χ0n) is 11.9. The Balaban J connectivity index is 1.73. The third kappa shape index (κ3) is 2.43. The Morgan fingerprint density at radius 1 is 1.25 bits per heavy atom. The van der Waals surface area contributed by atoms with E-state index in [1.54, 1.807) is 0 Å². The normalized spacial score (nSPS) is 21.4. The number of hydrogen-bond donors (Lipinski definition) is 1. The third-order valence-electron chi connectivity index (χ3n) is 4.02. The van der Waals surface area contributed by atoms with E-state index in [4.69, 9.17) is 19.9 Å². The molecule has 0 unspecified atom stereocenters. The summed E-state index contributed by atoms with van der Waals surface area (Å²) < 4.78 is 17.1. The molecule has 3 rings (SSSR count). The number of anilines is 2. The van der Waals surface area contributed by atoms with Crippen molar-refractivity contribution >= 4 is 11.4 Å². The number of nitrogens with zero attached hydrogens (tertiary/aromatic N) is 1. The Bertz CT molecular complexity index is 462. The maximum absolute atomic E-state index is 6.22. The highest BCUT2D eigenvalue weighted by Crippen LogP contribution is 2.37. The van der Waals surface area contributed by atoms with E-state index in [1.165, 1.54) is 0 Å². The van der Waals surface area contributed by atoms with Crippen molar-refractivity contribution < 1.29 is 14.2 Å². The molecule has 2 aliphatic rings. The summed E-state index contributed by atoms with van der Waals surface area (Å²) in [4.78, 5) is 2.29. The van der Waals surface area contributed by atoms with E-state index in [-0.39, 0.29) is 5.79 Å². The lowest BCUT2D eigenvalue weighted by molar-refractivity contribution is -0.169. The summed E-state index contributed by atoms with van der Waals surface area (Å²) in [5.41, 5.74) is 7.98. The molecule has 1 spiro atoms. The summed E-state index contributed by atoms with van der Waals surface area (Å²) >= 11 is 0. The second kappa shape index (κ2) is 5.50. The SMILES string of the molecule is CCOc1cccc(N2CCC3(CC2)OCCO3)c1N. The van der Waals surface area contributed by atoms with E-state index in [0.717, 1.165) is 43.1 Å². The fourth-order valence-corrected chi connectivity index (χ4v) is 2.96. The summed E-state index contributed by atoms with van der Waals surface area (Å²) in [5, 5.41) is 0. The molecule has 2 N–H and O–H groups in total. The van der Waals surface area contributed by atoms with Crippen LogP contribution in [0.15, 0.2) is 18.2 Å². The molecule has 0 saturated carbocycles. The standard InChI is InChI=1S/C15H22N2O3/c1-2-18-13-5-3-4-12(14(13)16)17-8-6-15(7-9-17)19-10-11-20-15/h3-5H,2,6-11,16H2,1H3. The number of rotatable bonds is 3. The number of hydrogen-bond acceptors (Lipinski definition) is 5. The van der Waals surface area contributed by atoms with Gasteiger partial charge in [0.05, 0.1) is 31.2 Å². The van der Waals surface area contributed by atoms with E-state index >= 15 is 0 Å². The van der Waals surface area contributed by atoms with Gasteiger partial charge >= 0.3 is 0 Å². The molecule has 2 aliphatic heterocycles. The van der Waals surface area contributed by atoms with Gasteiger partial charge in [-0.05, 0) is 19.1 Å². The Morgan fingerprint density at radius 2 is 1.95 bits per heavy atom. The van der Waals surface area contributed by atoms with Crippen LogP contribution in [0.2, 0.25) is 0 Å². The largest absolute Gasteiger partial charge is 0.492 e. The Labute approximate surface area is 119 Å². The third-order valence-corrected chi connectivity index (χ3v) is 4.02. The number of piperidine rings is 1. The molecule has 0 atom stereocenters. The summed E-state index contributed by atoms with van der Waals surface area (Å²) in [6.45, 7) is 5.79. The van der Waals surface area contributed by atoms with Gasteiger partial charge in [0.25, 0.3) is 0 Å². The number of nitrogen functional groups attached to an aromatic ring is 1. The summed E-state index contributed by atoms with van der Waals surface area (Å²) in [5.74, 6) is 0.418. The molecule has 0 radical (unpaired) electrons. The second-order valence-corrected chi connectivity index (χ2v) is 5.22. The van der Waals surface area contributed by atoms with Crippen LogP contribution >= 0.6 is 0 Å². The second-order valence-electron chi connectivity index (χ2n) is 5.22. The molecule has 110 valence electrons. The summed E-state index contributed by atoms with van der Waals surface area (Å²) in [6.07, 6.45) is 1.76. The van der Waals surface area contributed by atoms with Crippen molar-refractivity contribution in [1.82, 2.24) is 0 Å². The van der Waals surface area contributed by atoms with E-state index in [2.05, 4.69) is 4.90 Å². The maximum atomic E-state index is 6.22. The van der Waals surface area contributed by atoms with Crippen LogP contribution in [-0.2, 0) is 9.47 Å². The van der Waals surface area contributed by atoms with Crippen molar-refractivity contribution in [3.8, 4) is 5.75 Å². The molecule has 0 aliphatic carbocycles. The number of nitrogens with two attached hydrogens (primary N) is 1. The van der Waals surface area contributed by atoms with E-state index in [9.17, 15) is 0 Å². The number of para-hydroxylation sites is 1. The minimum Gasteiger partial charge on any atom is -0.492 e.